The fraction of sp³-hybridized carbons (Fsp3) is 0.222. The van der Waals surface area contributed by atoms with Crippen molar-refractivity contribution in [1.29, 1.82) is 0 Å². The van der Waals surface area contributed by atoms with Gasteiger partial charge in [0.2, 0.25) is 5.60 Å². The van der Waals surface area contributed by atoms with Crippen LogP contribution in [0.1, 0.15) is 23.6 Å². The van der Waals surface area contributed by atoms with Gasteiger partial charge in [-0.25, -0.2) is 0 Å². The summed E-state index contributed by atoms with van der Waals surface area (Å²) in [6, 6.07) is 9.72. The first-order valence-corrected chi connectivity index (χ1v) is 7.61. The highest BCUT2D eigenvalue weighted by Gasteiger charge is 2.53. The quantitative estimate of drug-likeness (QED) is 0.786. The van der Waals surface area contributed by atoms with Gasteiger partial charge < -0.3 is 9.84 Å². The molecule has 0 aromatic heterocycles. The van der Waals surface area contributed by atoms with E-state index in [0.29, 0.717) is 22.6 Å². The zero-order valence-electron chi connectivity index (χ0n) is 12.7. The van der Waals surface area contributed by atoms with Gasteiger partial charge in [-0.2, -0.15) is 13.2 Å². The highest BCUT2D eigenvalue weighted by molar-refractivity contribution is 6.31. The van der Waals surface area contributed by atoms with Gasteiger partial charge in [0.25, 0.3) is 0 Å². The lowest BCUT2D eigenvalue weighted by molar-refractivity contribution is -0.222. The summed E-state index contributed by atoms with van der Waals surface area (Å²) >= 11 is 6.24. The van der Waals surface area contributed by atoms with Gasteiger partial charge in [-0.15, -0.1) is 0 Å². The molecule has 2 nitrogen and oxygen atoms in total. The third-order valence-corrected chi connectivity index (χ3v) is 4.30. The molecule has 1 unspecified atom stereocenters. The monoisotopic (exact) mass is 354 g/mol. The van der Waals surface area contributed by atoms with Crippen LogP contribution >= 0.6 is 11.6 Å². The molecule has 0 saturated carbocycles. The Labute approximate surface area is 142 Å². The average Bonchev–Trinajstić information content (AvgIpc) is 2.47. The Morgan fingerprint density at radius 3 is 2.62 bits per heavy atom. The van der Waals surface area contributed by atoms with Crippen LogP contribution < -0.4 is 4.74 Å². The Morgan fingerprint density at radius 1 is 1.21 bits per heavy atom. The first-order valence-electron chi connectivity index (χ1n) is 7.23. The maximum Gasteiger partial charge on any atom is 0.431 e. The molecule has 1 atom stereocenters. The predicted octanol–water partition coefficient (Wildman–Crippen LogP) is 5.36. The maximum atomic E-state index is 13.2. The fourth-order valence-corrected chi connectivity index (χ4v) is 2.75. The average molecular weight is 355 g/mol. The van der Waals surface area contributed by atoms with E-state index in [1.807, 2.05) is 0 Å². The van der Waals surface area contributed by atoms with Crippen molar-refractivity contribution in [2.45, 2.75) is 25.1 Å². The highest BCUT2D eigenvalue weighted by Crippen LogP contribution is 2.42. The molecule has 0 amide bonds. The molecule has 0 aliphatic carbocycles. The SMILES string of the molecule is CC1(C(F)(F)F)C=Cc2cc(Cl)c(Cc3cccc(O)c3)cc2O1. The summed E-state index contributed by atoms with van der Waals surface area (Å²) in [5.41, 5.74) is -0.445. The number of aromatic hydroxyl groups is 1. The Hall–Kier alpha value is -2.14. The topological polar surface area (TPSA) is 29.5 Å². The van der Waals surface area contributed by atoms with Crippen LogP contribution in [0.4, 0.5) is 13.2 Å². The molecule has 1 heterocycles. The molecule has 0 spiro atoms. The summed E-state index contributed by atoms with van der Waals surface area (Å²) in [5.74, 6) is 0.252. The van der Waals surface area contributed by atoms with Gasteiger partial charge in [-0.3, -0.25) is 0 Å². The van der Waals surface area contributed by atoms with Crippen molar-refractivity contribution in [2.24, 2.45) is 0 Å². The molecule has 1 N–H and O–H groups in total. The lowest BCUT2D eigenvalue weighted by Crippen LogP contribution is -2.46. The van der Waals surface area contributed by atoms with Crippen LogP contribution in [-0.2, 0) is 6.42 Å². The second kappa shape index (κ2) is 5.74. The molecule has 0 fully saturated rings. The van der Waals surface area contributed by atoms with E-state index in [-0.39, 0.29) is 11.5 Å². The predicted molar refractivity (Wildman–Crippen MR) is 86.5 cm³/mol. The van der Waals surface area contributed by atoms with Crippen LogP contribution in [0.25, 0.3) is 6.08 Å². The number of halogens is 4. The number of phenols is 1. The van der Waals surface area contributed by atoms with Gasteiger partial charge in [0.15, 0.2) is 0 Å². The van der Waals surface area contributed by atoms with Gasteiger partial charge in [0.05, 0.1) is 0 Å². The fourth-order valence-electron chi connectivity index (χ4n) is 2.51. The zero-order valence-corrected chi connectivity index (χ0v) is 13.4. The van der Waals surface area contributed by atoms with Crippen LogP contribution in [0, 0.1) is 0 Å². The molecule has 6 heteroatoms. The number of benzene rings is 2. The smallest absolute Gasteiger partial charge is 0.431 e. The van der Waals surface area contributed by atoms with Crippen molar-refractivity contribution < 1.29 is 23.0 Å². The number of rotatable bonds is 2. The maximum absolute atomic E-state index is 13.2. The van der Waals surface area contributed by atoms with E-state index in [9.17, 15) is 18.3 Å². The minimum Gasteiger partial charge on any atom is -0.508 e. The minimum atomic E-state index is -4.52. The standard InChI is InChI=1S/C18H14ClF3O2/c1-17(18(20,21)22)6-5-12-9-15(19)13(10-16(12)24-17)7-11-3-2-4-14(23)8-11/h2-6,8-10,23H,7H2,1H3. The molecule has 126 valence electrons. The van der Waals surface area contributed by atoms with E-state index < -0.39 is 11.8 Å². The van der Waals surface area contributed by atoms with Crippen molar-refractivity contribution in [3.63, 3.8) is 0 Å². The number of hydrogen-bond acceptors (Lipinski definition) is 2. The summed E-state index contributed by atoms with van der Waals surface area (Å²) in [7, 11) is 0. The lowest BCUT2D eigenvalue weighted by Gasteiger charge is -2.33. The lowest BCUT2D eigenvalue weighted by atomic mass is 9.97. The van der Waals surface area contributed by atoms with Crippen molar-refractivity contribution >= 4 is 17.7 Å². The van der Waals surface area contributed by atoms with E-state index >= 15 is 0 Å². The van der Waals surface area contributed by atoms with Crippen LogP contribution in [0.2, 0.25) is 5.02 Å². The van der Waals surface area contributed by atoms with Crippen LogP contribution in [-0.4, -0.2) is 16.9 Å². The van der Waals surface area contributed by atoms with Crippen LogP contribution in [0.5, 0.6) is 11.5 Å². The summed E-state index contributed by atoms with van der Waals surface area (Å²) in [5, 5.41) is 9.95. The molecule has 24 heavy (non-hydrogen) atoms. The number of fused-ring (bicyclic) bond motifs is 1. The molecular formula is C18H14ClF3O2. The number of ether oxygens (including phenoxy) is 1. The van der Waals surface area contributed by atoms with Crippen LogP contribution in [0.3, 0.4) is 0 Å². The molecule has 0 bridgehead atoms. The molecule has 0 saturated heterocycles. The number of hydrogen-bond donors (Lipinski definition) is 1. The van der Waals surface area contributed by atoms with E-state index in [1.54, 1.807) is 30.3 Å². The van der Waals surface area contributed by atoms with Crippen molar-refractivity contribution in [1.82, 2.24) is 0 Å². The Kier molecular flexibility index (Phi) is 4.00. The van der Waals surface area contributed by atoms with E-state index in [4.69, 9.17) is 16.3 Å². The number of phenolic OH excluding ortho intramolecular Hbond substituents is 1. The normalized spacial score (nSPS) is 19.7. The molecule has 2 aromatic rings. The third kappa shape index (κ3) is 3.08. The molecule has 0 radical (unpaired) electrons. The zero-order chi connectivity index (χ0) is 17.5. The molecule has 3 rings (SSSR count). The van der Waals surface area contributed by atoms with Gasteiger partial charge in [0.1, 0.15) is 11.5 Å². The van der Waals surface area contributed by atoms with Crippen molar-refractivity contribution in [2.75, 3.05) is 0 Å². The number of alkyl halides is 3. The molecular weight excluding hydrogens is 341 g/mol. The molecule has 2 aromatic carbocycles. The second-order valence-electron chi connectivity index (χ2n) is 5.87. The second-order valence-corrected chi connectivity index (χ2v) is 6.28. The van der Waals surface area contributed by atoms with Gasteiger partial charge in [-0.05, 0) is 54.8 Å². The van der Waals surface area contributed by atoms with Gasteiger partial charge >= 0.3 is 6.18 Å². The van der Waals surface area contributed by atoms with Crippen LogP contribution in [0.15, 0.2) is 42.5 Å². The van der Waals surface area contributed by atoms with E-state index in [1.165, 1.54) is 12.1 Å². The summed E-state index contributed by atoms with van der Waals surface area (Å²) in [6.45, 7) is 0.982. The first kappa shape index (κ1) is 16.7. The van der Waals surface area contributed by atoms with E-state index in [2.05, 4.69) is 0 Å². The van der Waals surface area contributed by atoms with Crippen molar-refractivity contribution in [3.8, 4) is 11.5 Å². The Morgan fingerprint density at radius 2 is 1.96 bits per heavy atom. The van der Waals surface area contributed by atoms with Gasteiger partial charge in [-0.1, -0.05) is 29.8 Å². The summed E-state index contributed by atoms with van der Waals surface area (Å²) in [4.78, 5) is 0. The molecule has 1 aliphatic heterocycles. The largest absolute Gasteiger partial charge is 0.508 e. The summed E-state index contributed by atoms with van der Waals surface area (Å²) < 4.78 is 44.7. The van der Waals surface area contributed by atoms with E-state index in [0.717, 1.165) is 18.6 Å². The van der Waals surface area contributed by atoms with Gasteiger partial charge in [0, 0.05) is 10.6 Å². The third-order valence-electron chi connectivity index (χ3n) is 3.95. The molecule has 1 aliphatic rings. The summed E-state index contributed by atoms with van der Waals surface area (Å²) in [6.07, 6.45) is -1.79. The Balaban J connectivity index is 1.96. The minimum absolute atomic E-state index is 0.116. The first-order chi connectivity index (χ1) is 11.2. The van der Waals surface area contributed by atoms with Crippen molar-refractivity contribution in [3.05, 3.63) is 64.2 Å². The Bertz CT molecular complexity index is 814. The highest BCUT2D eigenvalue weighted by atomic mass is 35.5.